The molecule has 1 N–H and O–H groups in total. The molecule has 1 rings (SSSR count). The highest BCUT2D eigenvalue weighted by Gasteiger charge is 2.15. The third-order valence-electron chi connectivity index (χ3n) is 2.44. The van der Waals surface area contributed by atoms with Crippen LogP contribution in [0.15, 0.2) is 0 Å². The van der Waals surface area contributed by atoms with E-state index in [2.05, 4.69) is 31.2 Å². The lowest BCUT2D eigenvalue weighted by Gasteiger charge is -2.18. The first-order chi connectivity index (χ1) is 7.35. The van der Waals surface area contributed by atoms with E-state index in [1.165, 1.54) is 0 Å². The van der Waals surface area contributed by atoms with E-state index in [-0.39, 0.29) is 0 Å². The maximum absolute atomic E-state index is 5.34. The van der Waals surface area contributed by atoms with Crippen molar-refractivity contribution in [1.82, 2.24) is 15.1 Å². The van der Waals surface area contributed by atoms with E-state index >= 15 is 0 Å². The van der Waals surface area contributed by atoms with Crippen LogP contribution >= 0.6 is 0 Å². The minimum absolute atomic E-state index is 0.295. The molecular formula is C12H23N3O. The summed E-state index contributed by atoms with van der Waals surface area (Å²) in [6, 6.07) is 0. The van der Waals surface area contributed by atoms with Crippen LogP contribution in [0.5, 0.6) is 5.88 Å². The van der Waals surface area contributed by atoms with Gasteiger partial charge in [0.25, 0.3) is 0 Å². The first-order valence-electron chi connectivity index (χ1n) is 5.62. The molecule has 0 aliphatic heterocycles. The summed E-state index contributed by atoms with van der Waals surface area (Å²) in [5.74, 6) is 0.846. The van der Waals surface area contributed by atoms with Gasteiger partial charge in [0.15, 0.2) is 0 Å². The Bertz CT molecular complexity index is 350. The van der Waals surface area contributed by atoms with Crippen LogP contribution in [0.25, 0.3) is 0 Å². The molecule has 0 aromatic carbocycles. The molecule has 0 saturated heterocycles. The van der Waals surface area contributed by atoms with E-state index in [1.54, 1.807) is 11.8 Å². The molecule has 0 bridgehead atoms. The minimum Gasteiger partial charge on any atom is -0.481 e. The van der Waals surface area contributed by atoms with Crippen molar-refractivity contribution in [1.29, 1.82) is 0 Å². The summed E-state index contributed by atoms with van der Waals surface area (Å²) in [4.78, 5) is 0. The van der Waals surface area contributed by atoms with Gasteiger partial charge in [0.2, 0.25) is 5.88 Å². The highest BCUT2D eigenvalue weighted by molar-refractivity contribution is 5.30. The Morgan fingerprint density at radius 1 is 1.38 bits per heavy atom. The van der Waals surface area contributed by atoms with Crippen LogP contribution in [0.4, 0.5) is 0 Å². The smallest absolute Gasteiger partial charge is 0.216 e. The number of aryl methyl sites for hydroxylation is 2. The fourth-order valence-corrected chi connectivity index (χ4v) is 1.70. The topological polar surface area (TPSA) is 39.1 Å². The first-order valence-corrected chi connectivity index (χ1v) is 5.62. The number of rotatable bonds is 4. The Labute approximate surface area is 98.0 Å². The van der Waals surface area contributed by atoms with Gasteiger partial charge in [0.05, 0.1) is 18.4 Å². The van der Waals surface area contributed by atoms with Crippen molar-refractivity contribution in [3.05, 3.63) is 11.3 Å². The second-order valence-corrected chi connectivity index (χ2v) is 5.36. The number of nitrogens with one attached hydrogen (secondary N) is 1. The molecule has 0 aliphatic carbocycles. The lowest BCUT2D eigenvalue weighted by molar-refractivity contribution is 0.358. The summed E-state index contributed by atoms with van der Waals surface area (Å²) < 4.78 is 7.12. The maximum Gasteiger partial charge on any atom is 0.216 e. The van der Waals surface area contributed by atoms with Gasteiger partial charge in [-0.2, -0.15) is 5.10 Å². The summed E-state index contributed by atoms with van der Waals surface area (Å²) in [7, 11) is 3.59. The standard InChI is InChI=1S/C12H23N3O/c1-9-10(7-13-8-12(2,3)4)11(16-6)15(5)14-9/h13H,7-8H2,1-6H3. The molecule has 0 atom stereocenters. The van der Waals surface area contributed by atoms with Crippen molar-refractivity contribution in [2.45, 2.75) is 34.2 Å². The Morgan fingerprint density at radius 3 is 2.50 bits per heavy atom. The summed E-state index contributed by atoms with van der Waals surface area (Å²) in [5.41, 5.74) is 2.47. The van der Waals surface area contributed by atoms with Gasteiger partial charge in [-0.3, -0.25) is 0 Å². The van der Waals surface area contributed by atoms with Crippen molar-refractivity contribution in [2.24, 2.45) is 12.5 Å². The number of methoxy groups -OCH3 is 1. The van der Waals surface area contributed by atoms with Gasteiger partial charge in [-0.25, -0.2) is 4.68 Å². The van der Waals surface area contributed by atoms with E-state index in [0.29, 0.717) is 5.41 Å². The predicted octanol–water partition coefficient (Wildman–Crippen LogP) is 1.87. The van der Waals surface area contributed by atoms with E-state index in [4.69, 9.17) is 4.74 Å². The fourth-order valence-electron chi connectivity index (χ4n) is 1.70. The van der Waals surface area contributed by atoms with Crippen molar-refractivity contribution in [3.63, 3.8) is 0 Å². The van der Waals surface area contributed by atoms with Gasteiger partial charge >= 0.3 is 0 Å². The largest absolute Gasteiger partial charge is 0.481 e. The van der Waals surface area contributed by atoms with Gasteiger partial charge in [-0.05, 0) is 12.3 Å². The molecule has 0 aliphatic rings. The van der Waals surface area contributed by atoms with Crippen molar-refractivity contribution >= 4 is 0 Å². The Kier molecular flexibility index (Phi) is 3.97. The zero-order valence-electron chi connectivity index (χ0n) is 11.2. The van der Waals surface area contributed by atoms with Crippen LogP contribution in [0.2, 0.25) is 0 Å². The zero-order valence-corrected chi connectivity index (χ0v) is 11.2. The van der Waals surface area contributed by atoms with Crippen LogP contribution in [0, 0.1) is 12.3 Å². The van der Waals surface area contributed by atoms with Crippen molar-refractivity contribution in [3.8, 4) is 5.88 Å². The summed E-state index contributed by atoms with van der Waals surface area (Å²) >= 11 is 0. The van der Waals surface area contributed by atoms with Gasteiger partial charge in [-0.15, -0.1) is 0 Å². The number of nitrogens with zero attached hydrogens (tertiary/aromatic N) is 2. The molecule has 4 nitrogen and oxygen atoms in total. The van der Waals surface area contributed by atoms with Gasteiger partial charge in [-0.1, -0.05) is 20.8 Å². The van der Waals surface area contributed by atoms with E-state index in [0.717, 1.165) is 30.2 Å². The molecule has 0 radical (unpaired) electrons. The highest BCUT2D eigenvalue weighted by Crippen LogP contribution is 2.21. The van der Waals surface area contributed by atoms with Crippen molar-refractivity contribution < 1.29 is 4.74 Å². The lowest BCUT2D eigenvalue weighted by atomic mass is 9.97. The second kappa shape index (κ2) is 4.87. The average Bonchev–Trinajstić information content (AvgIpc) is 2.39. The number of ether oxygens (including phenoxy) is 1. The number of hydrogen-bond donors (Lipinski definition) is 1. The van der Waals surface area contributed by atoms with E-state index in [9.17, 15) is 0 Å². The third-order valence-corrected chi connectivity index (χ3v) is 2.44. The molecule has 1 aromatic rings. The second-order valence-electron chi connectivity index (χ2n) is 5.36. The van der Waals surface area contributed by atoms with Crippen LogP contribution in [0.1, 0.15) is 32.0 Å². The molecule has 4 heteroatoms. The van der Waals surface area contributed by atoms with Gasteiger partial charge in [0, 0.05) is 20.1 Å². The number of aromatic nitrogens is 2. The molecule has 0 saturated carbocycles. The molecular weight excluding hydrogens is 202 g/mol. The van der Waals surface area contributed by atoms with Crippen molar-refractivity contribution in [2.75, 3.05) is 13.7 Å². The Hall–Kier alpha value is -1.03. The maximum atomic E-state index is 5.34. The Balaban J connectivity index is 2.66. The molecule has 0 fully saturated rings. The lowest BCUT2D eigenvalue weighted by Crippen LogP contribution is -2.26. The zero-order chi connectivity index (χ0) is 12.3. The average molecular weight is 225 g/mol. The SMILES string of the molecule is COc1c(CNCC(C)(C)C)c(C)nn1C. The van der Waals surface area contributed by atoms with Crippen LogP contribution < -0.4 is 10.1 Å². The van der Waals surface area contributed by atoms with Gasteiger partial charge < -0.3 is 10.1 Å². The Morgan fingerprint density at radius 2 is 2.00 bits per heavy atom. The molecule has 0 unspecified atom stereocenters. The quantitative estimate of drug-likeness (QED) is 0.850. The van der Waals surface area contributed by atoms with E-state index in [1.807, 2.05) is 14.0 Å². The first kappa shape index (κ1) is 13.0. The molecule has 0 spiro atoms. The van der Waals surface area contributed by atoms with E-state index < -0.39 is 0 Å². The van der Waals surface area contributed by atoms with Crippen LogP contribution in [0.3, 0.4) is 0 Å². The summed E-state index contributed by atoms with van der Waals surface area (Å²) in [6.45, 7) is 10.4. The molecule has 1 heterocycles. The van der Waals surface area contributed by atoms with Crippen LogP contribution in [-0.2, 0) is 13.6 Å². The molecule has 1 aromatic heterocycles. The van der Waals surface area contributed by atoms with Gasteiger partial charge in [0.1, 0.15) is 0 Å². The highest BCUT2D eigenvalue weighted by atomic mass is 16.5. The summed E-state index contributed by atoms with van der Waals surface area (Å²) in [5, 5.41) is 7.79. The van der Waals surface area contributed by atoms with Crippen LogP contribution in [-0.4, -0.2) is 23.4 Å². The molecule has 16 heavy (non-hydrogen) atoms. The monoisotopic (exact) mass is 225 g/mol. The summed E-state index contributed by atoms with van der Waals surface area (Å²) in [6.07, 6.45) is 0. The normalized spacial score (nSPS) is 11.9. The predicted molar refractivity (Wildman–Crippen MR) is 65.7 cm³/mol. The fraction of sp³-hybridized carbons (Fsp3) is 0.750. The molecule has 92 valence electrons. The third kappa shape index (κ3) is 3.23. The molecule has 0 amide bonds. The number of hydrogen-bond acceptors (Lipinski definition) is 3. The minimum atomic E-state index is 0.295.